The molecular weight excluding hydrogens is 480 g/mol. The summed E-state index contributed by atoms with van der Waals surface area (Å²) in [4.78, 5) is 22.6. The Bertz CT molecular complexity index is 1200. The number of ether oxygens (including phenoxy) is 2. The van der Waals surface area contributed by atoms with E-state index in [1.807, 2.05) is 89.2 Å². The molecule has 2 aromatic carbocycles. The van der Waals surface area contributed by atoms with Crippen molar-refractivity contribution in [1.29, 1.82) is 5.41 Å². The number of nitrogens with two attached hydrogens (primary N) is 1. The van der Waals surface area contributed by atoms with E-state index in [1.165, 1.54) is 6.33 Å². The second kappa shape index (κ2) is 12.9. The normalized spacial score (nSPS) is 13.7. The fraction of sp³-hybridized carbons (Fsp3) is 0.379. The summed E-state index contributed by atoms with van der Waals surface area (Å²) < 4.78 is 11.3. The first-order valence-electron chi connectivity index (χ1n) is 13.0. The molecule has 1 aliphatic heterocycles. The van der Waals surface area contributed by atoms with E-state index in [0.717, 1.165) is 18.6 Å². The molecule has 0 saturated carbocycles. The summed E-state index contributed by atoms with van der Waals surface area (Å²) >= 11 is 0. The van der Waals surface area contributed by atoms with E-state index in [1.54, 1.807) is 4.90 Å². The van der Waals surface area contributed by atoms with Gasteiger partial charge in [0, 0.05) is 24.7 Å². The number of para-hydroxylation sites is 1. The molecule has 1 aromatic heterocycles. The van der Waals surface area contributed by atoms with Gasteiger partial charge in [-0.25, -0.2) is 14.8 Å². The largest absolute Gasteiger partial charge is 0.457 e. The van der Waals surface area contributed by atoms with Gasteiger partial charge in [-0.15, -0.1) is 0 Å². The summed E-state index contributed by atoms with van der Waals surface area (Å²) in [5.74, 6) is 2.15. The van der Waals surface area contributed by atoms with E-state index in [2.05, 4.69) is 15.3 Å². The van der Waals surface area contributed by atoms with Crippen molar-refractivity contribution in [3.05, 3.63) is 72.1 Å². The number of likely N-dealkylation sites (tertiary alicyclic amines) is 1. The number of hydrogen-bond donors (Lipinski definition) is 3. The highest BCUT2D eigenvalue weighted by Crippen LogP contribution is 2.27. The van der Waals surface area contributed by atoms with Gasteiger partial charge >= 0.3 is 6.09 Å². The SMILES string of the molecule is CC.CC(C)(C)OC(=O)N1CCC(Nc2ncnc(N)c2C(=N)c2ccc(Oc3ccccc3)cc2)CC1. The van der Waals surface area contributed by atoms with Crippen molar-refractivity contribution < 1.29 is 14.3 Å². The van der Waals surface area contributed by atoms with Crippen LogP contribution in [-0.4, -0.2) is 51.4 Å². The predicted molar refractivity (Wildman–Crippen MR) is 151 cm³/mol. The van der Waals surface area contributed by atoms with Crippen LogP contribution in [0.15, 0.2) is 60.9 Å². The van der Waals surface area contributed by atoms with Crippen molar-refractivity contribution in [3.63, 3.8) is 0 Å². The molecule has 3 aromatic rings. The molecule has 202 valence electrons. The Morgan fingerprint density at radius 2 is 1.61 bits per heavy atom. The molecule has 9 nitrogen and oxygen atoms in total. The number of carbonyl (C=O) groups excluding carboxylic acids is 1. The average molecular weight is 519 g/mol. The van der Waals surface area contributed by atoms with Crippen molar-refractivity contribution in [3.8, 4) is 11.5 Å². The minimum absolute atomic E-state index is 0.0752. The zero-order chi connectivity index (χ0) is 27.7. The van der Waals surface area contributed by atoms with Crippen LogP contribution in [-0.2, 0) is 4.74 Å². The van der Waals surface area contributed by atoms with Crippen LogP contribution in [0.5, 0.6) is 11.5 Å². The maximum absolute atomic E-state index is 12.4. The van der Waals surface area contributed by atoms with Gasteiger partial charge in [0.2, 0.25) is 0 Å². The predicted octanol–water partition coefficient (Wildman–Crippen LogP) is 6.10. The number of aromatic nitrogens is 2. The minimum atomic E-state index is -0.522. The number of nitrogens with one attached hydrogen (secondary N) is 2. The van der Waals surface area contributed by atoms with E-state index in [4.69, 9.17) is 20.6 Å². The minimum Gasteiger partial charge on any atom is -0.457 e. The molecule has 0 bridgehead atoms. The molecule has 4 rings (SSSR count). The van der Waals surface area contributed by atoms with E-state index < -0.39 is 5.60 Å². The van der Waals surface area contributed by atoms with Crippen LogP contribution in [0.4, 0.5) is 16.4 Å². The van der Waals surface area contributed by atoms with Gasteiger partial charge in [-0.3, -0.25) is 5.41 Å². The topological polar surface area (TPSA) is 126 Å². The first-order chi connectivity index (χ1) is 18.2. The Balaban J connectivity index is 0.00000195. The third kappa shape index (κ3) is 7.68. The number of hydrogen-bond acceptors (Lipinski definition) is 8. The number of carbonyl (C=O) groups is 1. The molecule has 38 heavy (non-hydrogen) atoms. The second-order valence-electron chi connectivity index (χ2n) is 9.68. The average Bonchev–Trinajstić information content (AvgIpc) is 2.90. The molecule has 4 N–H and O–H groups in total. The monoisotopic (exact) mass is 518 g/mol. The first kappa shape index (κ1) is 28.4. The van der Waals surface area contributed by atoms with Crippen LogP contribution >= 0.6 is 0 Å². The summed E-state index contributed by atoms with van der Waals surface area (Å²) in [6.45, 7) is 10.7. The van der Waals surface area contributed by atoms with Gasteiger partial charge in [-0.1, -0.05) is 32.0 Å². The highest BCUT2D eigenvalue weighted by Gasteiger charge is 2.28. The lowest BCUT2D eigenvalue weighted by atomic mass is 10.0. The van der Waals surface area contributed by atoms with E-state index in [-0.39, 0.29) is 23.7 Å². The maximum Gasteiger partial charge on any atom is 0.410 e. The van der Waals surface area contributed by atoms with Gasteiger partial charge in [0.15, 0.2) is 0 Å². The molecule has 2 heterocycles. The van der Waals surface area contributed by atoms with Crippen molar-refractivity contribution in [2.75, 3.05) is 24.1 Å². The third-order valence-electron chi connectivity index (χ3n) is 5.74. The first-order valence-corrected chi connectivity index (χ1v) is 13.0. The van der Waals surface area contributed by atoms with Crippen molar-refractivity contribution in [2.45, 2.75) is 59.1 Å². The van der Waals surface area contributed by atoms with Gasteiger partial charge in [0.05, 0.1) is 11.3 Å². The number of rotatable bonds is 6. The Labute approximate surface area is 224 Å². The summed E-state index contributed by atoms with van der Waals surface area (Å²) in [6.07, 6.45) is 2.54. The Morgan fingerprint density at radius 1 is 1.00 bits per heavy atom. The summed E-state index contributed by atoms with van der Waals surface area (Å²) in [7, 11) is 0. The lowest BCUT2D eigenvalue weighted by molar-refractivity contribution is 0.0210. The molecule has 0 unspecified atom stereocenters. The lowest BCUT2D eigenvalue weighted by Gasteiger charge is -2.34. The molecule has 0 aliphatic carbocycles. The van der Waals surface area contributed by atoms with Crippen LogP contribution in [0.25, 0.3) is 0 Å². The molecule has 0 atom stereocenters. The smallest absolute Gasteiger partial charge is 0.410 e. The highest BCUT2D eigenvalue weighted by molar-refractivity contribution is 6.16. The molecule has 0 spiro atoms. The van der Waals surface area contributed by atoms with Crippen LogP contribution in [0.1, 0.15) is 58.6 Å². The molecule has 0 radical (unpaired) electrons. The number of amides is 1. The van der Waals surface area contributed by atoms with E-state index in [9.17, 15) is 4.79 Å². The van der Waals surface area contributed by atoms with E-state index >= 15 is 0 Å². The molecular formula is C29H38N6O3. The summed E-state index contributed by atoms with van der Waals surface area (Å²) in [6, 6.07) is 16.9. The van der Waals surface area contributed by atoms with Gasteiger partial charge in [-0.05, 0) is 70.0 Å². The Hall–Kier alpha value is -4.14. The van der Waals surface area contributed by atoms with Crippen molar-refractivity contribution >= 4 is 23.4 Å². The Kier molecular flexibility index (Phi) is 9.65. The lowest BCUT2D eigenvalue weighted by Crippen LogP contribution is -2.44. The highest BCUT2D eigenvalue weighted by atomic mass is 16.6. The number of nitrogens with zero attached hydrogens (tertiary/aromatic N) is 3. The van der Waals surface area contributed by atoms with Crippen LogP contribution in [0.3, 0.4) is 0 Å². The van der Waals surface area contributed by atoms with Crippen LogP contribution in [0.2, 0.25) is 0 Å². The molecule has 1 aliphatic rings. The quantitative estimate of drug-likeness (QED) is 0.336. The van der Waals surface area contributed by atoms with Gasteiger partial charge in [0.1, 0.15) is 35.1 Å². The van der Waals surface area contributed by atoms with E-state index in [0.29, 0.717) is 35.8 Å². The maximum atomic E-state index is 12.4. The molecule has 1 saturated heterocycles. The van der Waals surface area contributed by atoms with Crippen molar-refractivity contribution in [1.82, 2.24) is 14.9 Å². The molecule has 1 fully saturated rings. The number of nitrogen functional groups attached to an aromatic ring is 1. The fourth-order valence-corrected chi connectivity index (χ4v) is 3.94. The van der Waals surface area contributed by atoms with Gasteiger partial charge in [-0.2, -0.15) is 0 Å². The number of piperidine rings is 1. The summed E-state index contributed by atoms with van der Waals surface area (Å²) in [5, 5.41) is 12.2. The Morgan fingerprint density at radius 3 is 2.21 bits per heavy atom. The number of benzene rings is 2. The summed E-state index contributed by atoms with van der Waals surface area (Å²) in [5.41, 5.74) is 7.00. The van der Waals surface area contributed by atoms with Crippen LogP contribution < -0.4 is 15.8 Å². The zero-order valence-corrected chi connectivity index (χ0v) is 22.8. The molecule has 9 heteroatoms. The number of anilines is 2. The zero-order valence-electron chi connectivity index (χ0n) is 22.8. The second-order valence-corrected chi connectivity index (χ2v) is 9.68. The van der Waals surface area contributed by atoms with Crippen LogP contribution in [0, 0.1) is 5.41 Å². The van der Waals surface area contributed by atoms with Gasteiger partial charge < -0.3 is 25.4 Å². The van der Waals surface area contributed by atoms with Gasteiger partial charge in [0.25, 0.3) is 0 Å². The standard InChI is InChI=1S/C27H32N6O3.C2H6/c1-27(2,3)36-26(34)33-15-13-19(14-16-33)32-25-22(24(29)30-17-31-25)23(28)18-9-11-21(12-10-18)35-20-7-5-4-6-8-20;1-2/h4-12,17,19,28H,13-16H2,1-3H3,(H3,29,30,31,32);1-2H3. The molecule has 1 amide bonds. The third-order valence-corrected chi connectivity index (χ3v) is 5.74. The van der Waals surface area contributed by atoms with Crippen molar-refractivity contribution in [2.24, 2.45) is 0 Å². The fourth-order valence-electron chi connectivity index (χ4n) is 3.94.